The number of nitrogens with one attached hydrogen (secondary N) is 2. The average molecular weight is 376 g/mol. The smallest absolute Gasteiger partial charge is 0.258 e. The SMILES string of the molecule is COCC1CC(=O)NC2CC(NC(=O)COc3ccccc3OC)CCC12. The molecule has 148 valence electrons. The molecule has 27 heavy (non-hydrogen) atoms. The van der Waals surface area contributed by atoms with Gasteiger partial charge in [-0.25, -0.2) is 0 Å². The van der Waals surface area contributed by atoms with Crippen molar-refractivity contribution in [3.63, 3.8) is 0 Å². The zero-order chi connectivity index (χ0) is 19.2. The molecule has 1 saturated heterocycles. The molecule has 2 fully saturated rings. The Morgan fingerprint density at radius 1 is 1.22 bits per heavy atom. The van der Waals surface area contributed by atoms with E-state index >= 15 is 0 Å². The summed E-state index contributed by atoms with van der Waals surface area (Å²) in [6.07, 6.45) is 3.14. The number of fused-ring (bicyclic) bond motifs is 1. The van der Waals surface area contributed by atoms with Crippen molar-refractivity contribution in [1.82, 2.24) is 10.6 Å². The number of rotatable bonds is 7. The van der Waals surface area contributed by atoms with E-state index in [9.17, 15) is 9.59 Å². The molecule has 1 heterocycles. The van der Waals surface area contributed by atoms with Crippen molar-refractivity contribution in [2.24, 2.45) is 11.8 Å². The van der Waals surface area contributed by atoms with Crippen LogP contribution in [-0.4, -0.2) is 51.3 Å². The van der Waals surface area contributed by atoms with Crippen LogP contribution in [0.3, 0.4) is 0 Å². The molecular formula is C20H28N2O5. The molecule has 7 heteroatoms. The molecule has 2 aliphatic rings. The lowest BCUT2D eigenvalue weighted by Crippen LogP contribution is -2.56. The maximum Gasteiger partial charge on any atom is 0.258 e. The first kappa shape index (κ1) is 19.5. The van der Waals surface area contributed by atoms with E-state index in [2.05, 4.69) is 10.6 Å². The van der Waals surface area contributed by atoms with Crippen LogP contribution in [0.15, 0.2) is 24.3 Å². The Labute approximate surface area is 159 Å². The summed E-state index contributed by atoms with van der Waals surface area (Å²) in [6, 6.07) is 7.38. The number of amides is 2. The van der Waals surface area contributed by atoms with Gasteiger partial charge in [0.05, 0.1) is 7.11 Å². The number of benzene rings is 1. The van der Waals surface area contributed by atoms with E-state index in [-0.39, 0.29) is 36.4 Å². The highest BCUT2D eigenvalue weighted by Crippen LogP contribution is 2.35. The molecule has 1 aliphatic carbocycles. The van der Waals surface area contributed by atoms with Gasteiger partial charge in [0.25, 0.3) is 5.91 Å². The summed E-state index contributed by atoms with van der Waals surface area (Å²) >= 11 is 0. The zero-order valence-corrected chi connectivity index (χ0v) is 15.9. The van der Waals surface area contributed by atoms with E-state index in [0.29, 0.717) is 30.4 Å². The van der Waals surface area contributed by atoms with E-state index in [0.717, 1.165) is 19.3 Å². The van der Waals surface area contributed by atoms with Gasteiger partial charge in [0.15, 0.2) is 18.1 Å². The maximum atomic E-state index is 12.3. The molecule has 0 bridgehead atoms. The summed E-state index contributed by atoms with van der Waals surface area (Å²) in [5.41, 5.74) is 0. The van der Waals surface area contributed by atoms with Gasteiger partial charge < -0.3 is 24.8 Å². The average Bonchev–Trinajstić information content (AvgIpc) is 2.66. The normalized spacial score (nSPS) is 27.3. The number of carbonyl (C=O) groups is 2. The molecule has 7 nitrogen and oxygen atoms in total. The highest BCUT2D eigenvalue weighted by Gasteiger charge is 2.40. The number of hydrogen-bond donors (Lipinski definition) is 2. The lowest BCUT2D eigenvalue weighted by Gasteiger charge is -2.43. The first-order chi connectivity index (χ1) is 13.1. The zero-order valence-electron chi connectivity index (χ0n) is 15.9. The fourth-order valence-electron chi connectivity index (χ4n) is 4.26. The molecular weight excluding hydrogens is 348 g/mol. The molecule has 2 amide bonds. The third-order valence-electron chi connectivity index (χ3n) is 5.48. The van der Waals surface area contributed by atoms with Crippen molar-refractivity contribution < 1.29 is 23.8 Å². The summed E-state index contributed by atoms with van der Waals surface area (Å²) < 4.78 is 16.1. The van der Waals surface area contributed by atoms with E-state index in [1.165, 1.54) is 0 Å². The van der Waals surface area contributed by atoms with Crippen LogP contribution < -0.4 is 20.1 Å². The fraction of sp³-hybridized carbons (Fsp3) is 0.600. The predicted octanol–water partition coefficient (Wildman–Crippen LogP) is 1.51. The van der Waals surface area contributed by atoms with Crippen LogP contribution in [0.25, 0.3) is 0 Å². The molecule has 1 aromatic carbocycles. The molecule has 0 radical (unpaired) electrons. The van der Waals surface area contributed by atoms with Gasteiger partial charge >= 0.3 is 0 Å². The number of para-hydroxylation sites is 2. The van der Waals surface area contributed by atoms with Gasteiger partial charge in [0, 0.05) is 32.2 Å². The third-order valence-corrected chi connectivity index (χ3v) is 5.48. The van der Waals surface area contributed by atoms with Crippen molar-refractivity contribution in [2.75, 3.05) is 27.4 Å². The molecule has 4 atom stereocenters. The van der Waals surface area contributed by atoms with Crippen LogP contribution in [0.2, 0.25) is 0 Å². The Morgan fingerprint density at radius 2 is 2.00 bits per heavy atom. The summed E-state index contributed by atoms with van der Waals surface area (Å²) in [6.45, 7) is 0.544. The molecule has 1 aliphatic heterocycles. The first-order valence-corrected chi connectivity index (χ1v) is 9.44. The van der Waals surface area contributed by atoms with Crippen LogP contribution in [0.5, 0.6) is 11.5 Å². The van der Waals surface area contributed by atoms with Crippen LogP contribution in [0.4, 0.5) is 0 Å². The third kappa shape index (κ3) is 4.91. The van der Waals surface area contributed by atoms with E-state index in [1.54, 1.807) is 26.4 Å². The molecule has 4 unspecified atom stereocenters. The monoisotopic (exact) mass is 376 g/mol. The van der Waals surface area contributed by atoms with Gasteiger partial charge in [-0.2, -0.15) is 0 Å². The highest BCUT2D eigenvalue weighted by atomic mass is 16.5. The van der Waals surface area contributed by atoms with E-state index in [4.69, 9.17) is 14.2 Å². The number of hydrogen-bond acceptors (Lipinski definition) is 5. The number of piperidine rings is 1. The maximum absolute atomic E-state index is 12.3. The van der Waals surface area contributed by atoms with Crippen LogP contribution in [-0.2, 0) is 14.3 Å². The van der Waals surface area contributed by atoms with Gasteiger partial charge in [0.1, 0.15) is 0 Å². The van der Waals surface area contributed by atoms with Crippen LogP contribution >= 0.6 is 0 Å². The van der Waals surface area contributed by atoms with Gasteiger partial charge in [0.2, 0.25) is 5.91 Å². The highest BCUT2D eigenvalue weighted by molar-refractivity contribution is 5.78. The summed E-state index contributed by atoms with van der Waals surface area (Å²) in [5, 5.41) is 6.12. The Kier molecular flexibility index (Phi) is 6.55. The van der Waals surface area contributed by atoms with Crippen molar-refractivity contribution in [3.05, 3.63) is 24.3 Å². The van der Waals surface area contributed by atoms with Crippen LogP contribution in [0, 0.1) is 11.8 Å². The van der Waals surface area contributed by atoms with Crippen molar-refractivity contribution in [1.29, 1.82) is 0 Å². The van der Waals surface area contributed by atoms with Gasteiger partial charge in [-0.3, -0.25) is 9.59 Å². The molecule has 0 aromatic heterocycles. The molecule has 1 saturated carbocycles. The number of methoxy groups -OCH3 is 2. The first-order valence-electron chi connectivity index (χ1n) is 9.44. The van der Waals surface area contributed by atoms with Gasteiger partial charge in [-0.05, 0) is 43.2 Å². The minimum absolute atomic E-state index is 0.0432. The molecule has 0 spiro atoms. The second kappa shape index (κ2) is 9.08. The predicted molar refractivity (Wildman–Crippen MR) is 99.7 cm³/mol. The second-order valence-electron chi connectivity index (χ2n) is 7.27. The fourth-order valence-corrected chi connectivity index (χ4v) is 4.26. The van der Waals surface area contributed by atoms with Gasteiger partial charge in [-0.1, -0.05) is 12.1 Å². The molecule has 3 rings (SSSR count). The Morgan fingerprint density at radius 3 is 2.74 bits per heavy atom. The van der Waals surface area contributed by atoms with Crippen molar-refractivity contribution in [3.8, 4) is 11.5 Å². The number of carbonyl (C=O) groups excluding carboxylic acids is 2. The minimum atomic E-state index is -0.167. The van der Waals surface area contributed by atoms with E-state index in [1.807, 2.05) is 12.1 Å². The Hall–Kier alpha value is -2.28. The lowest BCUT2D eigenvalue weighted by atomic mass is 9.71. The van der Waals surface area contributed by atoms with Gasteiger partial charge in [-0.15, -0.1) is 0 Å². The standard InChI is InChI=1S/C20H28N2O5/c1-25-11-13-9-19(23)22-16-10-14(7-8-15(13)16)21-20(24)12-27-18-6-4-3-5-17(18)26-2/h3-6,13-16H,7-12H2,1-2H3,(H,21,24)(H,22,23). The quantitative estimate of drug-likeness (QED) is 0.753. The summed E-state index contributed by atoms with van der Waals surface area (Å²) in [4.78, 5) is 24.3. The lowest BCUT2D eigenvalue weighted by molar-refractivity contribution is -0.128. The number of ether oxygens (including phenoxy) is 3. The Balaban J connectivity index is 1.50. The topological polar surface area (TPSA) is 85.9 Å². The van der Waals surface area contributed by atoms with Crippen molar-refractivity contribution >= 4 is 11.8 Å². The minimum Gasteiger partial charge on any atom is -0.493 e. The molecule has 1 aromatic rings. The Bertz CT molecular complexity index is 666. The van der Waals surface area contributed by atoms with Crippen molar-refractivity contribution in [2.45, 2.75) is 37.8 Å². The van der Waals surface area contributed by atoms with Crippen LogP contribution in [0.1, 0.15) is 25.7 Å². The summed E-state index contributed by atoms with van der Waals surface area (Å²) in [7, 11) is 3.24. The molecule has 2 N–H and O–H groups in total. The largest absolute Gasteiger partial charge is 0.493 e. The summed E-state index contributed by atoms with van der Waals surface area (Å²) in [5.74, 6) is 1.73. The van der Waals surface area contributed by atoms with E-state index < -0.39 is 0 Å². The second-order valence-corrected chi connectivity index (χ2v) is 7.27.